The molecule has 1 aromatic carbocycles. The second kappa shape index (κ2) is 8.58. The van der Waals surface area contributed by atoms with Crippen molar-refractivity contribution < 1.29 is 9.53 Å². The van der Waals surface area contributed by atoms with E-state index in [0.717, 1.165) is 34.0 Å². The average Bonchev–Trinajstić information content (AvgIpc) is 3.15. The molecule has 0 saturated heterocycles. The molecule has 0 aliphatic heterocycles. The Morgan fingerprint density at radius 3 is 2.73 bits per heavy atom. The van der Waals surface area contributed by atoms with Gasteiger partial charge in [0.25, 0.3) is 0 Å². The summed E-state index contributed by atoms with van der Waals surface area (Å²) >= 11 is 1.52. The molecule has 2 aromatic heterocycles. The van der Waals surface area contributed by atoms with Crippen molar-refractivity contribution in [3.8, 4) is 16.3 Å². The van der Waals surface area contributed by atoms with E-state index in [-0.39, 0.29) is 18.4 Å². The summed E-state index contributed by atoms with van der Waals surface area (Å²) in [6.45, 7) is 2.05. The van der Waals surface area contributed by atoms with Crippen LogP contribution in [0.1, 0.15) is 30.6 Å². The van der Waals surface area contributed by atoms with E-state index in [2.05, 4.69) is 22.2 Å². The maximum absolute atomic E-state index is 12.4. The number of nitrogens with zero attached hydrogens (tertiary/aromatic N) is 2. The van der Waals surface area contributed by atoms with E-state index in [0.29, 0.717) is 0 Å². The van der Waals surface area contributed by atoms with E-state index in [1.165, 1.54) is 11.3 Å². The van der Waals surface area contributed by atoms with Gasteiger partial charge in [-0.05, 0) is 36.2 Å². The number of pyridine rings is 1. The standard InChI is InChI=1S/C20H21N3O2S/c1-3-18(14-6-8-17(25-2)9-7-14)23-19(24)11-16-13-26-20(22-16)15-5-4-10-21-12-15/h4-10,12-13,18H,3,11H2,1-2H3,(H,23,24). The molecular weight excluding hydrogens is 346 g/mol. The molecule has 3 rings (SSSR count). The van der Waals surface area contributed by atoms with Crippen LogP contribution in [0.25, 0.3) is 10.6 Å². The van der Waals surface area contributed by atoms with Gasteiger partial charge in [0.15, 0.2) is 0 Å². The van der Waals surface area contributed by atoms with Crippen molar-refractivity contribution in [2.45, 2.75) is 25.8 Å². The molecule has 6 heteroatoms. The molecule has 0 aliphatic carbocycles. The molecule has 26 heavy (non-hydrogen) atoms. The van der Waals surface area contributed by atoms with E-state index in [1.54, 1.807) is 19.5 Å². The lowest BCUT2D eigenvalue weighted by Gasteiger charge is -2.17. The number of rotatable bonds is 7. The lowest BCUT2D eigenvalue weighted by Crippen LogP contribution is -2.29. The first-order valence-corrected chi connectivity index (χ1v) is 9.35. The third-order valence-corrected chi connectivity index (χ3v) is 5.00. The third kappa shape index (κ3) is 4.46. The zero-order valence-electron chi connectivity index (χ0n) is 14.8. The van der Waals surface area contributed by atoms with Crippen molar-refractivity contribution in [1.29, 1.82) is 0 Å². The van der Waals surface area contributed by atoms with Gasteiger partial charge in [-0.15, -0.1) is 11.3 Å². The highest BCUT2D eigenvalue weighted by atomic mass is 32.1. The molecule has 1 unspecified atom stereocenters. The number of hydrogen-bond acceptors (Lipinski definition) is 5. The summed E-state index contributed by atoms with van der Waals surface area (Å²) in [6, 6.07) is 11.6. The Balaban J connectivity index is 1.63. The molecular formula is C20H21N3O2S. The van der Waals surface area contributed by atoms with Crippen molar-refractivity contribution in [1.82, 2.24) is 15.3 Å². The maximum atomic E-state index is 12.4. The smallest absolute Gasteiger partial charge is 0.226 e. The van der Waals surface area contributed by atoms with Crippen LogP contribution in [0, 0.1) is 0 Å². The van der Waals surface area contributed by atoms with Crippen molar-refractivity contribution in [2.75, 3.05) is 7.11 Å². The first-order chi connectivity index (χ1) is 12.7. The molecule has 1 amide bonds. The zero-order valence-corrected chi connectivity index (χ0v) is 15.6. The first-order valence-electron chi connectivity index (χ1n) is 8.47. The van der Waals surface area contributed by atoms with Crippen LogP contribution in [-0.2, 0) is 11.2 Å². The molecule has 0 radical (unpaired) electrons. The van der Waals surface area contributed by atoms with Gasteiger partial charge in [0.1, 0.15) is 10.8 Å². The number of ether oxygens (including phenoxy) is 1. The highest BCUT2D eigenvalue weighted by molar-refractivity contribution is 7.13. The van der Waals surface area contributed by atoms with Crippen LogP contribution in [0.4, 0.5) is 0 Å². The quantitative estimate of drug-likeness (QED) is 0.685. The summed E-state index contributed by atoms with van der Waals surface area (Å²) in [5, 5.41) is 5.90. The highest BCUT2D eigenvalue weighted by Gasteiger charge is 2.15. The largest absolute Gasteiger partial charge is 0.497 e. The van der Waals surface area contributed by atoms with Crippen molar-refractivity contribution in [2.24, 2.45) is 0 Å². The molecule has 134 valence electrons. The fourth-order valence-corrected chi connectivity index (χ4v) is 3.49. The maximum Gasteiger partial charge on any atom is 0.226 e. The minimum atomic E-state index is -0.0318. The average molecular weight is 367 g/mol. The molecule has 0 saturated carbocycles. The molecule has 1 N–H and O–H groups in total. The Bertz CT molecular complexity index is 847. The van der Waals surface area contributed by atoms with Gasteiger partial charge in [0, 0.05) is 23.3 Å². The number of methoxy groups -OCH3 is 1. The minimum absolute atomic E-state index is 0.0233. The number of hydrogen-bond donors (Lipinski definition) is 1. The Morgan fingerprint density at radius 1 is 1.27 bits per heavy atom. The third-order valence-electron chi connectivity index (χ3n) is 4.06. The van der Waals surface area contributed by atoms with Gasteiger partial charge in [0.2, 0.25) is 5.91 Å². The van der Waals surface area contributed by atoms with Crippen molar-refractivity contribution in [3.05, 3.63) is 65.4 Å². The molecule has 0 bridgehead atoms. The number of aromatic nitrogens is 2. The van der Waals surface area contributed by atoms with E-state index in [4.69, 9.17) is 4.74 Å². The van der Waals surface area contributed by atoms with E-state index < -0.39 is 0 Å². The second-order valence-corrected chi connectivity index (χ2v) is 6.72. The number of carbonyl (C=O) groups excluding carboxylic acids is 1. The molecule has 0 aliphatic rings. The first kappa shape index (κ1) is 18.1. The van der Waals surface area contributed by atoms with Crippen LogP contribution in [0.2, 0.25) is 0 Å². The number of nitrogens with one attached hydrogen (secondary N) is 1. The van der Waals surface area contributed by atoms with Gasteiger partial charge >= 0.3 is 0 Å². The Labute approximate surface area is 157 Å². The summed E-state index contributed by atoms with van der Waals surface area (Å²) in [7, 11) is 1.64. The van der Waals surface area contributed by atoms with Crippen LogP contribution in [0.5, 0.6) is 5.75 Å². The Morgan fingerprint density at radius 2 is 2.08 bits per heavy atom. The molecule has 0 fully saturated rings. The molecule has 0 spiro atoms. The summed E-state index contributed by atoms with van der Waals surface area (Å²) < 4.78 is 5.18. The monoisotopic (exact) mass is 367 g/mol. The summed E-state index contributed by atoms with van der Waals surface area (Å²) in [4.78, 5) is 21.1. The lowest BCUT2D eigenvalue weighted by atomic mass is 10.0. The fraction of sp³-hybridized carbons (Fsp3) is 0.250. The Hall–Kier alpha value is -2.73. The van der Waals surface area contributed by atoms with Crippen LogP contribution in [0.15, 0.2) is 54.2 Å². The van der Waals surface area contributed by atoms with E-state index in [1.807, 2.05) is 41.8 Å². The van der Waals surface area contributed by atoms with Crippen LogP contribution < -0.4 is 10.1 Å². The molecule has 5 nitrogen and oxygen atoms in total. The molecule has 2 heterocycles. The molecule has 1 atom stereocenters. The van der Waals surface area contributed by atoms with Gasteiger partial charge < -0.3 is 10.1 Å². The lowest BCUT2D eigenvalue weighted by molar-refractivity contribution is -0.121. The van der Waals surface area contributed by atoms with Gasteiger partial charge in [-0.3, -0.25) is 9.78 Å². The van der Waals surface area contributed by atoms with Crippen LogP contribution in [-0.4, -0.2) is 23.0 Å². The van der Waals surface area contributed by atoms with Gasteiger partial charge in [-0.25, -0.2) is 4.98 Å². The number of carbonyl (C=O) groups is 1. The van der Waals surface area contributed by atoms with Crippen LogP contribution in [0.3, 0.4) is 0 Å². The van der Waals surface area contributed by atoms with Crippen molar-refractivity contribution in [3.63, 3.8) is 0 Å². The topological polar surface area (TPSA) is 64.1 Å². The highest BCUT2D eigenvalue weighted by Crippen LogP contribution is 2.23. The van der Waals surface area contributed by atoms with E-state index in [9.17, 15) is 4.79 Å². The number of thiazole rings is 1. The number of amides is 1. The van der Waals surface area contributed by atoms with Crippen molar-refractivity contribution >= 4 is 17.2 Å². The Kier molecular flexibility index (Phi) is 5.96. The van der Waals surface area contributed by atoms with Gasteiger partial charge in [0.05, 0.1) is 25.3 Å². The van der Waals surface area contributed by atoms with Crippen LogP contribution >= 0.6 is 11.3 Å². The van der Waals surface area contributed by atoms with Gasteiger partial charge in [-0.2, -0.15) is 0 Å². The summed E-state index contributed by atoms with van der Waals surface area (Å²) in [5.41, 5.74) is 2.81. The molecule has 3 aromatic rings. The van der Waals surface area contributed by atoms with Gasteiger partial charge in [-0.1, -0.05) is 19.1 Å². The fourth-order valence-electron chi connectivity index (χ4n) is 2.68. The zero-order chi connectivity index (χ0) is 18.4. The van der Waals surface area contributed by atoms with E-state index >= 15 is 0 Å². The minimum Gasteiger partial charge on any atom is -0.497 e. The normalized spacial score (nSPS) is 11.8. The summed E-state index contributed by atoms with van der Waals surface area (Å²) in [6.07, 6.45) is 4.59. The number of benzene rings is 1. The SMILES string of the molecule is CCC(NC(=O)Cc1csc(-c2cccnc2)n1)c1ccc(OC)cc1. The summed E-state index contributed by atoms with van der Waals surface area (Å²) in [5.74, 6) is 0.774. The predicted octanol–water partition coefficient (Wildman–Crippen LogP) is 4.02. The second-order valence-electron chi connectivity index (χ2n) is 5.86. The predicted molar refractivity (Wildman–Crippen MR) is 103 cm³/mol.